The number of alkyl halides is 1. The Morgan fingerprint density at radius 1 is 1.14 bits per heavy atom. The molecule has 2 heterocycles. The average molecular weight is 434 g/mol. The van der Waals surface area contributed by atoms with Crippen LogP contribution >= 0.6 is 22.9 Å². The molecule has 0 fully saturated rings. The molecule has 0 aliphatic rings. The van der Waals surface area contributed by atoms with Crippen LogP contribution in [-0.4, -0.2) is 36.2 Å². The molecule has 4 rings (SSSR count). The highest BCUT2D eigenvalue weighted by molar-refractivity contribution is 7.15. The lowest BCUT2D eigenvalue weighted by Crippen LogP contribution is -2.29. The number of halogens is 3. The summed E-state index contributed by atoms with van der Waals surface area (Å²) in [6.45, 7) is 0. The number of nitrogens with zero attached hydrogens (tertiary/aromatic N) is 5. The second-order valence-corrected chi connectivity index (χ2v) is 7.63. The SMILES string of the molecule is Cn1nnc(-c2ccc(-c3ncc(C(O)(CCl)c4ccc(F)cc4F)s3)cc2)n1. The normalized spacial score (nSPS) is 13.4. The third-order valence-corrected chi connectivity index (χ3v) is 5.97. The van der Waals surface area contributed by atoms with Gasteiger partial charge in [0.2, 0.25) is 5.82 Å². The predicted octanol–water partition coefficient (Wildman–Crippen LogP) is 3.75. The van der Waals surface area contributed by atoms with Crippen molar-refractivity contribution in [1.29, 1.82) is 0 Å². The molecule has 0 bridgehead atoms. The molecule has 2 aromatic carbocycles. The topological polar surface area (TPSA) is 76.7 Å². The molecule has 0 radical (unpaired) electrons. The Labute approximate surface area is 173 Å². The minimum atomic E-state index is -1.82. The molecule has 1 unspecified atom stereocenters. The maximum absolute atomic E-state index is 14.3. The number of hydrogen-bond donors (Lipinski definition) is 1. The van der Waals surface area contributed by atoms with Crippen LogP contribution in [-0.2, 0) is 12.6 Å². The number of aromatic nitrogens is 5. The van der Waals surface area contributed by atoms with Gasteiger partial charge in [-0.15, -0.1) is 33.1 Å². The molecule has 1 atom stereocenters. The van der Waals surface area contributed by atoms with Gasteiger partial charge in [-0.1, -0.05) is 24.3 Å². The van der Waals surface area contributed by atoms with E-state index in [4.69, 9.17) is 11.6 Å². The fourth-order valence-corrected chi connectivity index (χ4v) is 4.25. The smallest absolute Gasteiger partial charge is 0.204 e. The van der Waals surface area contributed by atoms with Gasteiger partial charge in [-0.3, -0.25) is 0 Å². The van der Waals surface area contributed by atoms with Gasteiger partial charge in [0.1, 0.15) is 22.2 Å². The van der Waals surface area contributed by atoms with E-state index in [1.54, 1.807) is 7.05 Å². The number of rotatable bonds is 5. The van der Waals surface area contributed by atoms with Crippen molar-refractivity contribution in [3.05, 3.63) is 70.7 Å². The summed E-state index contributed by atoms with van der Waals surface area (Å²) in [5.41, 5.74) is -0.332. The van der Waals surface area contributed by atoms with E-state index in [0.717, 1.165) is 17.2 Å². The van der Waals surface area contributed by atoms with Crippen molar-refractivity contribution in [3.63, 3.8) is 0 Å². The van der Waals surface area contributed by atoms with E-state index in [1.165, 1.54) is 28.4 Å². The number of aryl methyl sites for hydroxylation is 1. The lowest BCUT2D eigenvalue weighted by molar-refractivity contribution is 0.105. The van der Waals surface area contributed by atoms with Crippen LogP contribution < -0.4 is 0 Å². The third kappa shape index (κ3) is 3.64. The first-order valence-electron chi connectivity index (χ1n) is 8.45. The second-order valence-electron chi connectivity index (χ2n) is 6.33. The van der Waals surface area contributed by atoms with Crippen LogP contribution in [0.25, 0.3) is 22.0 Å². The van der Waals surface area contributed by atoms with Crippen LogP contribution in [0, 0.1) is 11.6 Å². The summed E-state index contributed by atoms with van der Waals surface area (Å²) >= 11 is 7.16. The highest BCUT2D eigenvalue weighted by Gasteiger charge is 2.36. The minimum Gasteiger partial charge on any atom is -0.378 e. The summed E-state index contributed by atoms with van der Waals surface area (Å²) in [6, 6.07) is 10.3. The summed E-state index contributed by atoms with van der Waals surface area (Å²) in [4.78, 5) is 6.06. The first kappa shape index (κ1) is 19.6. The Morgan fingerprint density at radius 2 is 1.86 bits per heavy atom. The Balaban J connectivity index is 1.66. The summed E-state index contributed by atoms with van der Waals surface area (Å²) < 4.78 is 27.5. The molecule has 0 saturated carbocycles. The van der Waals surface area contributed by atoms with Crippen molar-refractivity contribution < 1.29 is 13.9 Å². The molecule has 10 heteroatoms. The van der Waals surface area contributed by atoms with Gasteiger partial charge in [-0.05, 0) is 17.3 Å². The molecule has 0 spiro atoms. The summed E-state index contributed by atoms with van der Waals surface area (Å²) in [7, 11) is 1.68. The molecule has 6 nitrogen and oxygen atoms in total. The Kier molecular flexibility index (Phi) is 5.12. The van der Waals surface area contributed by atoms with Gasteiger partial charge in [-0.25, -0.2) is 13.8 Å². The van der Waals surface area contributed by atoms with E-state index in [-0.39, 0.29) is 11.4 Å². The van der Waals surface area contributed by atoms with E-state index < -0.39 is 17.2 Å². The number of hydrogen-bond acceptors (Lipinski definition) is 6. The van der Waals surface area contributed by atoms with Crippen LogP contribution in [0.2, 0.25) is 0 Å². The van der Waals surface area contributed by atoms with E-state index >= 15 is 0 Å². The highest BCUT2D eigenvalue weighted by atomic mass is 35.5. The van der Waals surface area contributed by atoms with Crippen molar-refractivity contribution in [2.75, 3.05) is 5.88 Å². The first-order valence-corrected chi connectivity index (χ1v) is 9.81. The number of thiazole rings is 1. The van der Waals surface area contributed by atoms with Crippen molar-refractivity contribution >= 4 is 22.9 Å². The molecule has 148 valence electrons. The van der Waals surface area contributed by atoms with Gasteiger partial charge in [0.25, 0.3) is 0 Å². The van der Waals surface area contributed by atoms with E-state index in [2.05, 4.69) is 20.4 Å². The zero-order valence-electron chi connectivity index (χ0n) is 15.1. The van der Waals surface area contributed by atoms with Gasteiger partial charge in [0.05, 0.1) is 17.8 Å². The van der Waals surface area contributed by atoms with Crippen LogP contribution in [0.3, 0.4) is 0 Å². The molecule has 4 aromatic rings. The van der Waals surface area contributed by atoms with E-state index in [1.807, 2.05) is 24.3 Å². The van der Waals surface area contributed by atoms with Gasteiger partial charge in [0, 0.05) is 29.0 Å². The van der Waals surface area contributed by atoms with Crippen molar-refractivity contribution in [2.24, 2.45) is 7.05 Å². The van der Waals surface area contributed by atoms with Crippen molar-refractivity contribution in [3.8, 4) is 22.0 Å². The van der Waals surface area contributed by atoms with Gasteiger partial charge in [-0.2, -0.15) is 4.80 Å². The fraction of sp³-hybridized carbons (Fsp3) is 0.158. The quantitative estimate of drug-likeness (QED) is 0.485. The number of tetrazole rings is 1. The van der Waals surface area contributed by atoms with Crippen molar-refractivity contribution in [2.45, 2.75) is 5.60 Å². The number of aliphatic hydroxyl groups is 1. The number of benzene rings is 2. The maximum atomic E-state index is 14.3. The molecule has 0 amide bonds. The van der Waals surface area contributed by atoms with E-state index in [0.29, 0.717) is 21.8 Å². The largest absolute Gasteiger partial charge is 0.378 e. The lowest BCUT2D eigenvalue weighted by atomic mass is 9.94. The average Bonchev–Trinajstić information content (AvgIpc) is 3.37. The fourth-order valence-electron chi connectivity index (χ4n) is 2.86. The molecule has 0 saturated heterocycles. The van der Waals surface area contributed by atoms with Crippen LogP contribution in [0.4, 0.5) is 8.78 Å². The third-order valence-electron chi connectivity index (χ3n) is 4.38. The minimum absolute atomic E-state index is 0.104. The standard InChI is InChI=1S/C19H14ClF2N5OS/c1-27-25-17(24-26-27)11-2-4-12(5-3-11)18-23-9-16(29-18)19(28,10-20)14-7-6-13(21)8-15(14)22/h2-9,28H,10H2,1H3. The van der Waals surface area contributed by atoms with Crippen LogP contribution in [0.1, 0.15) is 10.4 Å². The summed E-state index contributed by atoms with van der Waals surface area (Å²) in [5, 5.41) is 23.6. The van der Waals surface area contributed by atoms with Gasteiger partial charge >= 0.3 is 0 Å². The van der Waals surface area contributed by atoms with E-state index in [9.17, 15) is 13.9 Å². The highest BCUT2D eigenvalue weighted by Crippen LogP contribution is 2.38. The Morgan fingerprint density at radius 3 is 2.48 bits per heavy atom. The molecule has 0 aliphatic carbocycles. The zero-order valence-corrected chi connectivity index (χ0v) is 16.6. The zero-order chi connectivity index (χ0) is 20.6. The van der Waals surface area contributed by atoms with Crippen LogP contribution in [0.5, 0.6) is 0 Å². The first-order chi connectivity index (χ1) is 13.9. The van der Waals surface area contributed by atoms with Crippen molar-refractivity contribution in [1.82, 2.24) is 25.2 Å². The second kappa shape index (κ2) is 7.58. The van der Waals surface area contributed by atoms with Crippen LogP contribution in [0.15, 0.2) is 48.7 Å². The lowest BCUT2D eigenvalue weighted by Gasteiger charge is -2.25. The molecule has 29 heavy (non-hydrogen) atoms. The molecule has 1 N–H and O–H groups in total. The molecule has 2 aromatic heterocycles. The van der Waals surface area contributed by atoms with Gasteiger partial charge in [0.15, 0.2) is 0 Å². The predicted molar refractivity (Wildman–Crippen MR) is 105 cm³/mol. The molecular formula is C19H14ClF2N5OS. The Hall–Kier alpha value is -2.75. The maximum Gasteiger partial charge on any atom is 0.204 e. The van der Waals surface area contributed by atoms with Gasteiger partial charge < -0.3 is 5.11 Å². The molecule has 0 aliphatic heterocycles. The summed E-state index contributed by atoms with van der Waals surface area (Å²) in [6.07, 6.45) is 1.45. The monoisotopic (exact) mass is 433 g/mol. The molecular weight excluding hydrogens is 420 g/mol. The Bertz CT molecular complexity index is 1160. The summed E-state index contributed by atoms with van der Waals surface area (Å²) in [5.74, 6) is -1.41.